The van der Waals surface area contributed by atoms with Crippen LogP contribution in [-0.4, -0.2) is 40.7 Å². The predicted octanol–water partition coefficient (Wildman–Crippen LogP) is 4.05. The first-order valence-corrected chi connectivity index (χ1v) is 13.2. The number of sulfonamides is 1. The van der Waals surface area contributed by atoms with Gasteiger partial charge in [-0.25, -0.2) is 18.1 Å². The highest BCUT2D eigenvalue weighted by molar-refractivity contribution is 7.92. The molecule has 1 amide bonds. The van der Waals surface area contributed by atoms with Crippen molar-refractivity contribution in [3.05, 3.63) is 94.8 Å². The molecule has 0 saturated heterocycles. The average molecular weight is 514 g/mol. The van der Waals surface area contributed by atoms with Gasteiger partial charge in [-0.05, 0) is 54.8 Å². The van der Waals surface area contributed by atoms with Gasteiger partial charge in [0, 0.05) is 41.7 Å². The topological polar surface area (TPSA) is 114 Å². The maximum absolute atomic E-state index is 13.5. The molecule has 0 radical (unpaired) electrons. The number of anilines is 1. The number of amides is 1. The molecule has 2 aromatic heterocycles. The van der Waals surface area contributed by atoms with E-state index < -0.39 is 16.1 Å². The maximum Gasteiger partial charge on any atom is 0.264 e. The summed E-state index contributed by atoms with van der Waals surface area (Å²) >= 11 is 0. The lowest BCUT2D eigenvalue weighted by Crippen LogP contribution is -2.40. The van der Waals surface area contributed by atoms with Crippen LogP contribution >= 0.6 is 0 Å². The Bertz CT molecular complexity index is 1650. The molecule has 4 aromatic rings. The van der Waals surface area contributed by atoms with Gasteiger partial charge in [-0.2, -0.15) is 4.98 Å². The van der Waals surface area contributed by atoms with Crippen LogP contribution in [0, 0.1) is 13.8 Å². The van der Waals surface area contributed by atoms with Crippen LogP contribution in [0.1, 0.15) is 38.7 Å². The molecule has 2 aliphatic rings. The van der Waals surface area contributed by atoms with E-state index in [-0.39, 0.29) is 34.7 Å². The number of rotatable bonds is 1. The van der Waals surface area contributed by atoms with Crippen LogP contribution < -0.4 is 9.46 Å². The first kappa shape index (κ1) is 23.1. The van der Waals surface area contributed by atoms with E-state index in [2.05, 4.69) is 19.7 Å². The Kier molecular flexibility index (Phi) is 5.41. The number of ether oxygens (including phenoxy) is 1. The highest BCUT2D eigenvalue weighted by Crippen LogP contribution is 2.34. The first-order valence-electron chi connectivity index (χ1n) is 11.8. The minimum atomic E-state index is -4.09. The Balaban J connectivity index is 1.57. The molecule has 2 aromatic carbocycles. The van der Waals surface area contributed by atoms with Gasteiger partial charge in [-0.15, -0.1) is 0 Å². The molecule has 1 atom stereocenters. The molecule has 1 unspecified atom stereocenters. The summed E-state index contributed by atoms with van der Waals surface area (Å²) in [4.78, 5) is 28.3. The zero-order valence-corrected chi connectivity index (χ0v) is 21.0. The summed E-state index contributed by atoms with van der Waals surface area (Å²) in [7, 11) is -4.09. The molecule has 4 heterocycles. The third-order valence-electron chi connectivity index (χ3n) is 6.65. The monoisotopic (exact) mass is 513 g/mol. The van der Waals surface area contributed by atoms with Crippen molar-refractivity contribution in [1.29, 1.82) is 0 Å². The molecular weight excluding hydrogens is 490 g/mol. The van der Waals surface area contributed by atoms with Crippen molar-refractivity contribution < 1.29 is 17.9 Å². The molecule has 1 N–H and O–H groups in total. The molecule has 37 heavy (non-hydrogen) atoms. The van der Waals surface area contributed by atoms with Crippen LogP contribution in [0.25, 0.3) is 11.3 Å². The second-order valence-corrected chi connectivity index (χ2v) is 10.9. The number of carbonyl (C=O) groups excluding carboxylic acids is 1. The standard InChI is InChI=1S/C27H23N5O4S/c1-16-5-3-6-17(2)25(16)22-12-24-30-27(29-22)31-37(34,35)20-8-4-7-18(11-20)26(33)32-14-19-9-10-28-13-21(19)23(15-32)36-24/h3-13,23H,14-15H2,1-2H3,(H,29,30,31). The lowest BCUT2D eigenvalue weighted by molar-refractivity contribution is 0.0588. The molecule has 6 rings (SSSR count). The summed E-state index contributed by atoms with van der Waals surface area (Å²) in [5.41, 5.74) is 5.37. The van der Waals surface area contributed by atoms with Gasteiger partial charge in [0.15, 0.2) is 0 Å². The first-order chi connectivity index (χ1) is 17.8. The Morgan fingerprint density at radius 2 is 1.81 bits per heavy atom. The molecule has 0 spiro atoms. The third kappa shape index (κ3) is 4.19. The zero-order chi connectivity index (χ0) is 25.7. The van der Waals surface area contributed by atoms with Crippen LogP contribution in [0.5, 0.6) is 5.88 Å². The number of aryl methyl sites for hydroxylation is 2. The largest absolute Gasteiger partial charge is 0.467 e. The number of benzene rings is 2. The molecule has 186 valence electrons. The smallest absolute Gasteiger partial charge is 0.264 e. The minimum Gasteiger partial charge on any atom is -0.467 e. The summed E-state index contributed by atoms with van der Waals surface area (Å²) in [5, 5.41) is 0. The Morgan fingerprint density at radius 1 is 1.03 bits per heavy atom. The van der Waals surface area contributed by atoms with Gasteiger partial charge >= 0.3 is 0 Å². The molecule has 0 saturated carbocycles. The molecule has 9 nitrogen and oxygen atoms in total. The van der Waals surface area contributed by atoms with Gasteiger partial charge in [0.05, 0.1) is 17.1 Å². The summed E-state index contributed by atoms with van der Waals surface area (Å²) in [6.45, 7) is 4.54. The van der Waals surface area contributed by atoms with Crippen LogP contribution in [0.4, 0.5) is 5.95 Å². The lowest BCUT2D eigenvalue weighted by Gasteiger charge is -2.34. The van der Waals surface area contributed by atoms with Crippen molar-refractivity contribution >= 4 is 21.9 Å². The number of hydrogen-bond acceptors (Lipinski definition) is 7. The fourth-order valence-electron chi connectivity index (χ4n) is 4.87. The lowest BCUT2D eigenvalue weighted by atomic mass is 9.98. The van der Waals surface area contributed by atoms with Crippen molar-refractivity contribution in [2.75, 3.05) is 11.3 Å². The third-order valence-corrected chi connectivity index (χ3v) is 7.97. The number of aromatic nitrogens is 3. The predicted molar refractivity (Wildman–Crippen MR) is 137 cm³/mol. The number of fused-ring (bicyclic) bond motifs is 8. The quantitative estimate of drug-likeness (QED) is 0.408. The molecule has 6 bridgehead atoms. The van der Waals surface area contributed by atoms with Gasteiger partial charge in [0.2, 0.25) is 11.8 Å². The normalized spacial score (nSPS) is 17.8. The second-order valence-electron chi connectivity index (χ2n) is 9.18. The van der Waals surface area contributed by atoms with E-state index >= 15 is 0 Å². The summed E-state index contributed by atoms with van der Waals surface area (Å²) in [6, 6.07) is 15.4. The number of pyridine rings is 1. The van der Waals surface area contributed by atoms with E-state index in [9.17, 15) is 13.2 Å². The van der Waals surface area contributed by atoms with Crippen LogP contribution in [0.3, 0.4) is 0 Å². The minimum absolute atomic E-state index is 0.0562. The van der Waals surface area contributed by atoms with E-state index in [0.29, 0.717) is 12.2 Å². The van der Waals surface area contributed by atoms with Crippen molar-refractivity contribution in [2.24, 2.45) is 0 Å². The Hall–Kier alpha value is -4.31. The summed E-state index contributed by atoms with van der Waals surface area (Å²) in [6.07, 6.45) is 2.85. The molecule has 2 aliphatic heterocycles. The van der Waals surface area contributed by atoms with Crippen LogP contribution in [-0.2, 0) is 16.6 Å². The number of hydrogen-bond donors (Lipinski definition) is 1. The van der Waals surface area contributed by atoms with E-state index in [1.54, 1.807) is 35.5 Å². The van der Waals surface area contributed by atoms with Crippen LogP contribution in [0.15, 0.2) is 71.9 Å². The molecular formula is C27H23N5O4S. The van der Waals surface area contributed by atoms with E-state index in [4.69, 9.17) is 4.74 Å². The van der Waals surface area contributed by atoms with E-state index in [1.807, 2.05) is 38.1 Å². The van der Waals surface area contributed by atoms with E-state index in [1.165, 1.54) is 12.1 Å². The van der Waals surface area contributed by atoms with Gasteiger partial charge < -0.3 is 9.64 Å². The van der Waals surface area contributed by atoms with Crippen LogP contribution in [0.2, 0.25) is 0 Å². The van der Waals surface area contributed by atoms with Crippen molar-refractivity contribution in [1.82, 2.24) is 19.9 Å². The highest BCUT2D eigenvalue weighted by atomic mass is 32.2. The second kappa shape index (κ2) is 8.67. The average Bonchev–Trinajstić information content (AvgIpc) is 2.87. The summed E-state index contributed by atoms with van der Waals surface area (Å²) in [5.74, 6) is -0.225. The number of nitrogens with zero attached hydrogens (tertiary/aromatic N) is 4. The fourth-order valence-corrected chi connectivity index (χ4v) is 5.86. The van der Waals surface area contributed by atoms with Gasteiger partial charge in [-0.1, -0.05) is 24.3 Å². The number of nitrogens with one attached hydrogen (secondary N) is 1. The fraction of sp³-hybridized carbons (Fsp3) is 0.185. The van der Waals surface area contributed by atoms with Crippen molar-refractivity contribution in [2.45, 2.75) is 31.4 Å². The van der Waals surface area contributed by atoms with Gasteiger partial charge in [0.1, 0.15) is 6.10 Å². The number of carbonyl (C=O) groups is 1. The molecule has 0 fully saturated rings. The zero-order valence-electron chi connectivity index (χ0n) is 20.2. The van der Waals surface area contributed by atoms with E-state index in [0.717, 1.165) is 27.8 Å². The Labute approximate surface area is 214 Å². The molecule has 0 aliphatic carbocycles. The van der Waals surface area contributed by atoms with Gasteiger partial charge in [0.25, 0.3) is 15.9 Å². The summed E-state index contributed by atoms with van der Waals surface area (Å²) < 4.78 is 35.4. The molecule has 10 heteroatoms. The SMILES string of the molecule is Cc1cccc(C)c1-c1cc2nc(n1)NS(=O)(=O)c1cccc(c1)C(=O)N1Cc3ccncc3C(C1)O2. The van der Waals surface area contributed by atoms with Crippen molar-refractivity contribution in [3.8, 4) is 17.1 Å². The Morgan fingerprint density at radius 3 is 2.62 bits per heavy atom. The maximum atomic E-state index is 13.5. The highest BCUT2D eigenvalue weighted by Gasteiger charge is 2.32. The van der Waals surface area contributed by atoms with Gasteiger partial charge in [-0.3, -0.25) is 9.78 Å². The van der Waals surface area contributed by atoms with Crippen molar-refractivity contribution in [3.63, 3.8) is 0 Å².